The second-order valence-corrected chi connectivity index (χ2v) is 5.82. The first-order valence-electron chi connectivity index (χ1n) is 7.32. The maximum absolute atomic E-state index is 12.7. The van der Waals surface area contributed by atoms with Crippen LogP contribution in [-0.4, -0.2) is 49.1 Å². The Balaban J connectivity index is 1.88. The molecule has 0 bridgehead atoms. The Morgan fingerprint density at radius 3 is 2.77 bits per heavy atom. The maximum atomic E-state index is 12.7. The largest absolute Gasteiger partial charge is 0.481 e. The average Bonchev–Trinajstić information content (AvgIpc) is 3.28. The molecule has 1 amide bonds. The number of aromatic nitrogens is 3. The lowest BCUT2D eigenvalue weighted by molar-refractivity contribution is -0.141. The zero-order valence-electron chi connectivity index (χ0n) is 12.6. The fraction of sp³-hybridized carbons (Fsp3) is 0.467. The number of hydrogen-bond donors (Lipinski definition) is 1. The van der Waals surface area contributed by atoms with Crippen LogP contribution in [0.4, 0.5) is 0 Å². The van der Waals surface area contributed by atoms with E-state index in [4.69, 9.17) is 5.11 Å². The number of carbonyl (C=O) groups is 2. The average molecular weight is 302 g/mol. The van der Waals surface area contributed by atoms with Crippen LogP contribution in [0.25, 0.3) is 5.65 Å². The van der Waals surface area contributed by atoms with E-state index < -0.39 is 11.9 Å². The Morgan fingerprint density at radius 2 is 2.14 bits per heavy atom. The summed E-state index contributed by atoms with van der Waals surface area (Å²) < 4.78 is 1.76. The standard InChI is InChI=1S/C15H18N4O3/c1-9(15(21)22)7-19(12-4-5-12)14(20)11-3-6-13-17-16-10(2)18(13)8-11/h3,6,8-9,12H,4-5,7H2,1-2H3,(H,21,22). The van der Waals surface area contributed by atoms with Gasteiger partial charge in [-0.2, -0.15) is 0 Å². The molecule has 1 saturated carbocycles. The molecule has 2 aromatic heterocycles. The van der Waals surface area contributed by atoms with Crippen LogP contribution in [0, 0.1) is 12.8 Å². The number of carboxylic acids is 1. The first-order valence-corrected chi connectivity index (χ1v) is 7.32. The first kappa shape index (κ1) is 14.5. The Kier molecular flexibility index (Phi) is 3.56. The maximum Gasteiger partial charge on any atom is 0.308 e. The van der Waals surface area contributed by atoms with Gasteiger partial charge in [0.2, 0.25) is 0 Å². The number of fused-ring (bicyclic) bond motifs is 1. The molecule has 2 heterocycles. The third-order valence-corrected chi connectivity index (χ3v) is 3.96. The highest BCUT2D eigenvalue weighted by Gasteiger charge is 2.35. The van der Waals surface area contributed by atoms with Crippen molar-refractivity contribution in [1.29, 1.82) is 0 Å². The number of rotatable bonds is 5. The molecule has 0 aliphatic heterocycles. The summed E-state index contributed by atoms with van der Waals surface area (Å²) in [7, 11) is 0. The molecule has 1 unspecified atom stereocenters. The minimum Gasteiger partial charge on any atom is -0.481 e. The van der Waals surface area contributed by atoms with Crippen LogP contribution >= 0.6 is 0 Å². The van der Waals surface area contributed by atoms with E-state index in [0.717, 1.165) is 12.8 Å². The van der Waals surface area contributed by atoms with E-state index in [2.05, 4.69) is 10.2 Å². The Morgan fingerprint density at radius 1 is 1.41 bits per heavy atom. The van der Waals surface area contributed by atoms with Crippen LogP contribution in [0.1, 0.15) is 35.9 Å². The predicted octanol–water partition coefficient (Wildman–Crippen LogP) is 1.36. The summed E-state index contributed by atoms with van der Waals surface area (Å²) in [5, 5.41) is 17.0. The van der Waals surface area contributed by atoms with Crippen molar-refractivity contribution in [3.05, 3.63) is 29.7 Å². The smallest absolute Gasteiger partial charge is 0.308 e. The van der Waals surface area contributed by atoms with Crippen molar-refractivity contribution in [2.75, 3.05) is 6.54 Å². The van der Waals surface area contributed by atoms with Gasteiger partial charge in [0.15, 0.2) is 5.65 Å². The van der Waals surface area contributed by atoms with E-state index in [1.165, 1.54) is 0 Å². The molecule has 0 spiro atoms. The molecule has 1 fully saturated rings. The lowest BCUT2D eigenvalue weighted by atomic mass is 10.1. The third-order valence-electron chi connectivity index (χ3n) is 3.96. The number of amides is 1. The van der Waals surface area contributed by atoms with Gasteiger partial charge in [0.05, 0.1) is 11.5 Å². The van der Waals surface area contributed by atoms with E-state index in [-0.39, 0.29) is 18.5 Å². The Hall–Kier alpha value is -2.44. The highest BCUT2D eigenvalue weighted by atomic mass is 16.4. The summed E-state index contributed by atoms with van der Waals surface area (Å²) in [4.78, 5) is 25.5. The van der Waals surface area contributed by atoms with E-state index in [1.807, 2.05) is 6.92 Å². The van der Waals surface area contributed by atoms with Gasteiger partial charge in [0.1, 0.15) is 5.82 Å². The molecule has 0 saturated heterocycles. The van der Waals surface area contributed by atoms with Gasteiger partial charge in [-0.05, 0) is 31.9 Å². The molecule has 2 aromatic rings. The molecule has 7 nitrogen and oxygen atoms in total. The molecule has 1 aliphatic carbocycles. The minimum atomic E-state index is -0.886. The van der Waals surface area contributed by atoms with Gasteiger partial charge < -0.3 is 10.0 Å². The number of nitrogens with zero attached hydrogens (tertiary/aromatic N) is 4. The summed E-state index contributed by atoms with van der Waals surface area (Å²) in [5.74, 6) is -0.888. The Bertz CT molecular complexity index is 735. The first-order chi connectivity index (χ1) is 10.5. The Labute approximate surface area is 127 Å². The number of carboxylic acid groups (broad SMARTS) is 1. The fourth-order valence-electron chi connectivity index (χ4n) is 2.45. The van der Waals surface area contributed by atoms with Crippen molar-refractivity contribution in [2.45, 2.75) is 32.7 Å². The van der Waals surface area contributed by atoms with Crippen molar-refractivity contribution >= 4 is 17.5 Å². The van der Waals surface area contributed by atoms with Crippen LogP contribution in [0.2, 0.25) is 0 Å². The summed E-state index contributed by atoms with van der Waals surface area (Å²) in [6.45, 7) is 3.68. The normalized spacial score (nSPS) is 15.7. The molecule has 1 aliphatic rings. The highest BCUT2D eigenvalue weighted by Crippen LogP contribution is 2.29. The summed E-state index contributed by atoms with van der Waals surface area (Å²) in [5.41, 5.74) is 1.21. The van der Waals surface area contributed by atoms with Crippen LogP contribution < -0.4 is 0 Å². The molecular formula is C15H18N4O3. The molecule has 22 heavy (non-hydrogen) atoms. The number of carbonyl (C=O) groups excluding carboxylic acids is 1. The molecule has 7 heteroatoms. The molecule has 1 atom stereocenters. The van der Waals surface area contributed by atoms with Gasteiger partial charge in [-0.3, -0.25) is 14.0 Å². The van der Waals surface area contributed by atoms with Gasteiger partial charge in [0, 0.05) is 18.8 Å². The lowest BCUT2D eigenvalue weighted by Gasteiger charge is -2.24. The van der Waals surface area contributed by atoms with Crippen molar-refractivity contribution in [3.63, 3.8) is 0 Å². The van der Waals surface area contributed by atoms with E-state index in [9.17, 15) is 9.59 Å². The van der Waals surface area contributed by atoms with Gasteiger partial charge in [-0.25, -0.2) is 0 Å². The molecule has 0 aromatic carbocycles. The van der Waals surface area contributed by atoms with Gasteiger partial charge in [-0.1, -0.05) is 6.92 Å². The fourth-order valence-corrected chi connectivity index (χ4v) is 2.45. The quantitative estimate of drug-likeness (QED) is 0.901. The van der Waals surface area contributed by atoms with Crippen molar-refractivity contribution in [2.24, 2.45) is 5.92 Å². The van der Waals surface area contributed by atoms with Crippen LogP contribution in [0.15, 0.2) is 18.3 Å². The van der Waals surface area contributed by atoms with Crippen LogP contribution in [-0.2, 0) is 4.79 Å². The molecule has 116 valence electrons. The van der Waals surface area contributed by atoms with Gasteiger partial charge in [-0.15, -0.1) is 10.2 Å². The van der Waals surface area contributed by atoms with Crippen molar-refractivity contribution < 1.29 is 14.7 Å². The zero-order valence-corrected chi connectivity index (χ0v) is 12.6. The summed E-state index contributed by atoms with van der Waals surface area (Å²) >= 11 is 0. The van der Waals surface area contributed by atoms with Crippen LogP contribution in [0.3, 0.4) is 0 Å². The summed E-state index contributed by atoms with van der Waals surface area (Å²) in [6, 6.07) is 3.62. The second kappa shape index (κ2) is 5.40. The monoisotopic (exact) mass is 302 g/mol. The van der Waals surface area contributed by atoms with Crippen molar-refractivity contribution in [1.82, 2.24) is 19.5 Å². The number of aryl methyl sites for hydroxylation is 1. The minimum absolute atomic E-state index is 0.134. The van der Waals surface area contributed by atoms with E-state index in [1.54, 1.807) is 34.6 Å². The molecule has 3 rings (SSSR count). The topological polar surface area (TPSA) is 87.8 Å². The van der Waals surface area contributed by atoms with E-state index >= 15 is 0 Å². The third kappa shape index (κ3) is 2.66. The lowest BCUT2D eigenvalue weighted by Crippen LogP contribution is -2.38. The highest BCUT2D eigenvalue weighted by molar-refractivity contribution is 5.95. The number of pyridine rings is 1. The molecule has 1 N–H and O–H groups in total. The van der Waals surface area contributed by atoms with E-state index in [0.29, 0.717) is 17.0 Å². The zero-order chi connectivity index (χ0) is 15.9. The predicted molar refractivity (Wildman–Crippen MR) is 78.6 cm³/mol. The van der Waals surface area contributed by atoms with Gasteiger partial charge >= 0.3 is 5.97 Å². The number of aliphatic carboxylic acids is 1. The number of hydrogen-bond acceptors (Lipinski definition) is 4. The summed E-state index contributed by atoms with van der Waals surface area (Å²) in [6.07, 6.45) is 3.59. The van der Waals surface area contributed by atoms with Crippen molar-refractivity contribution in [3.8, 4) is 0 Å². The van der Waals surface area contributed by atoms with Gasteiger partial charge in [0.25, 0.3) is 5.91 Å². The van der Waals surface area contributed by atoms with Crippen LogP contribution in [0.5, 0.6) is 0 Å². The molecular weight excluding hydrogens is 284 g/mol. The second-order valence-electron chi connectivity index (χ2n) is 5.82. The SMILES string of the molecule is Cc1nnc2ccc(C(=O)N(CC(C)C(=O)O)C3CC3)cn12. The molecule has 0 radical (unpaired) electrons.